The van der Waals surface area contributed by atoms with E-state index in [-0.39, 0.29) is 41.7 Å². The highest BCUT2D eigenvalue weighted by atomic mass is 16.6. The fraction of sp³-hybridized carbons (Fsp3) is 0.818. The van der Waals surface area contributed by atoms with Gasteiger partial charge in [0.05, 0.1) is 11.8 Å². The van der Waals surface area contributed by atoms with E-state index >= 15 is 0 Å². The van der Waals surface area contributed by atoms with E-state index in [9.17, 15) is 14.7 Å². The number of aliphatic hydroxyl groups excluding tert-OH is 1. The van der Waals surface area contributed by atoms with E-state index in [0.29, 0.717) is 12.8 Å². The van der Waals surface area contributed by atoms with Crippen molar-refractivity contribution in [3.63, 3.8) is 0 Å². The van der Waals surface area contributed by atoms with Crippen molar-refractivity contribution in [1.82, 2.24) is 0 Å². The number of ether oxygens (including phenoxy) is 2. The molecule has 1 N–H and O–H groups in total. The topological polar surface area (TPSA) is 72.8 Å². The van der Waals surface area contributed by atoms with Crippen LogP contribution in [0.3, 0.4) is 0 Å². The van der Waals surface area contributed by atoms with Crippen molar-refractivity contribution >= 4 is 11.9 Å². The Labute approximate surface area is 92.7 Å². The molecule has 0 aromatic heterocycles. The molecule has 2 heterocycles. The molecule has 3 aliphatic rings. The molecule has 0 amide bonds. The molecule has 6 atom stereocenters. The highest BCUT2D eigenvalue weighted by Crippen LogP contribution is 2.48. The first-order valence-corrected chi connectivity index (χ1v) is 5.67. The van der Waals surface area contributed by atoms with Gasteiger partial charge >= 0.3 is 11.9 Å². The lowest BCUT2D eigenvalue weighted by atomic mass is 9.68. The van der Waals surface area contributed by atoms with E-state index in [2.05, 4.69) is 0 Å². The van der Waals surface area contributed by atoms with Gasteiger partial charge in [0.15, 0.2) is 0 Å². The Balaban J connectivity index is 1.87. The van der Waals surface area contributed by atoms with Crippen LogP contribution in [-0.4, -0.2) is 29.4 Å². The molecule has 0 aromatic carbocycles. The maximum atomic E-state index is 11.6. The molecule has 6 unspecified atom stereocenters. The molecule has 5 nitrogen and oxygen atoms in total. The summed E-state index contributed by atoms with van der Waals surface area (Å²) in [5.41, 5.74) is 0. The van der Waals surface area contributed by atoms with E-state index in [1.807, 2.05) is 6.92 Å². The largest absolute Gasteiger partial charge is 0.462 e. The predicted molar refractivity (Wildman–Crippen MR) is 50.8 cm³/mol. The van der Waals surface area contributed by atoms with Gasteiger partial charge in [0.2, 0.25) is 6.29 Å². The first-order valence-electron chi connectivity index (χ1n) is 5.67. The SMILES string of the molecule is CC1OC(=O)C2CC3C(=O)OC(O)C3CC12. The fourth-order valence-corrected chi connectivity index (χ4v) is 3.29. The summed E-state index contributed by atoms with van der Waals surface area (Å²) in [6, 6.07) is 0. The predicted octanol–water partition coefficient (Wildman–Crippen LogP) is 0.0655. The molecule has 5 heteroatoms. The van der Waals surface area contributed by atoms with Gasteiger partial charge in [-0.3, -0.25) is 9.59 Å². The van der Waals surface area contributed by atoms with Crippen molar-refractivity contribution in [1.29, 1.82) is 0 Å². The van der Waals surface area contributed by atoms with Gasteiger partial charge in [-0.15, -0.1) is 0 Å². The van der Waals surface area contributed by atoms with Crippen LogP contribution in [0.2, 0.25) is 0 Å². The lowest BCUT2D eigenvalue weighted by Crippen LogP contribution is -2.36. The smallest absolute Gasteiger partial charge is 0.311 e. The number of esters is 2. The maximum Gasteiger partial charge on any atom is 0.311 e. The number of fused-ring (bicyclic) bond motifs is 2. The summed E-state index contributed by atoms with van der Waals surface area (Å²) >= 11 is 0. The molecular formula is C11H14O5. The Morgan fingerprint density at radius 1 is 1.06 bits per heavy atom. The van der Waals surface area contributed by atoms with Gasteiger partial charge in [-0.1, -0.05) is 0 Å². The van der Waals surface area contributed by atoms with Gasteiger partial charge in [0.1, 0.15) is 6.10 Å². The third kappa shape index (κ3) is 1.21. The molecular weight excluding hydrogens is 212 g/mol. The maximum absolute atomic E-state index is 11.6. The van der Waals surface area contributed by atoms with E-state index in [1.54, 1.807) is 0 Å². The van der Waals surface area contributed by atoms with Gasteiger partial charge in [-0.25, -0.2) is 0 Å². The Bertz CT molecular complexity index is 320. The van der Waals surface area contributed by atoms with Crippen LogP contribution in [0.1, 0.15) is 19.8 Å². The minimum absolute atomic E-state index is 0.110. The Morgan fingerprint density at radius 2 is 1.69 bits per heavy atom. The van der Waals surface area contributed by atoms with Gasteiger partial charge in [0, 0.05) is 11.8 Å². The minimum atomic E-state index is -0.999. The van der Waals surface area contributed by atoms with Crippen LogP contribution < -0.4 is 0 Å². The van der Waals surface area contributed by atoms with Gasteiger partial charge in [-0.2, -0.15) is 0 Å². The van der Waals surface area contributed by atoms with Crippen molar-refractivity contribution in [3.8, 4) is 0 Å². The summed E-state index contributed by atoms with van der Waals surface area (Å²) < 4.78 is 9.98. The quantitative estimate of drug-likeness (QED) is 0.591. The van der Waals surface area contributed by atoms with Crippen molar-refractivity contribution < 1.29 is 24.2 Å². The number of cyclic esters (lactones) is 2. The molecule has 0 spiro atoms. The minimum Gasteiger partial charge on any atom is -0.462 e. The number of aliphatic hydroxyl groups is 1. The summed E-state index contributed by atoms with van der Waals surface area (Å²) in [5.74, 6) is -1.12. The summed E-state index contributed by atoms with van der Waals surface area (Å²) in [5, 5.41) is 9.60. The lowest BCUT2D eigenvalue weighted by Gasteiger charge is -2.31. The normalized spacial score (nSPS) is 50.6. The molecule has 16 heavy (non-hydrogen) atoms. The second kappa shape index (κ2) is 3.20. The molecule has 2 saturated heterocycles. The number of rotatable bonds is 0. The molecule has 3 fully saturated rings. The number of carbonyl (C=O) groups is 2. The molecule has 0 aromatic rings. The number of hydrogen-bond acceptors (Lipinski definition) is 5. The van der Waals surface area contributed by atoms with Crippen molar-refractivity contribution in [3.05, 3.63) is 0 Å². The van der Waals surface area contributed by atoms with Gasteiger partial charge in [0.25, 0.3) is 0 Å². The van der Waals surface area contributed by atoms with E-state index < -0.39 is 6.29 Å². The molecule has 1 aliphatic carbocycles. The van der Waals surface area contributed by atoms with E-state index in [4.69, 9.17) is 9.47 Å². The molecule has 0 radical (unpaired) electrons. The van der Waals surface area contributed by atoms with Gasteiger partial charge < -0.3 is 14.6 Å². The third-order valence-electron chi connectivity index (χ3n) is 4.20. The Kier molecular flexibility index (Phi) is 2.01. The highest BCUT2D eigenvalue weighted by molar-refractivity contribution is 5.79. The molecule has 2 aliphatic heterocycles. The summed E-state index contributed by atoms with van der Waals surface area (Å²) in [7, 11) is 0. The van der Waals surface area contributed by atoms with E-state index in [1.165, 1.54) is 0 Å². The molecule has 3 rings (SSSR count). The zero-order valence-corrected chi connectivity index (χ0v) is 8.96. The van der Waals surface area contributed by atoms with E-state index in [0.717, 1.165) is 0 Å². The van der Waals surface area contributed by atoms with Crippen LogP contribution in [0.5, 0.6) is 0 Å². The second-order valence-electron chi connectivity index (χ2n) is 4.98. The Hall–Kier alpha value is -1.10. The molecule has 0 bridgehead atoms. The zero-order valence-electron chi connectivity index (χ0n) is 8.96. The van der Waals surface area contributed by atoms with Crippen LogP contribution in [-0.2, 0) is 19.1 Å². The number of hydrogen-bond donors (Lipinski definition) is 1. The molecule has 88 valence electrons. The summed E-state index contributed by atoms with van der Waals surface area (Å²) in [6.07, 6.45) is -0.00787. The lowest BCUT2D eigenvalue weighted by molar-refractivity contribution is -0.157. The summed E-state index contributed by atoms with van der Waals surface area (Å²) in [4.78, 5) is 23.0. The monoisotopic (exact) mass is 226 g/mol. The average molecular weight is 226 g/mol. The third-order valence-corrected chi connectivity index (χ3v) is 4.20. The van der Waals surface area contributed by atoms with Crippen LogP contribution in [0.25, 0.3) is 0 Å². The van der Waals surface area contributed by atoms with Crippen molar-refractivity contribution in [2.75, 3.05) is 0 Å². The first kappa shape index (κ1) is 10.1. The summed E-state index contributed by atoms with van der Waals surface area (Å²) in [6.45, 7) is 1.87. The fourth-order valence-electron chi connectivity index (χ4n) is 3.29. The van der Waals surface area contributed by atoms with Crippen LogP contribution in [0.4, 0.5) is 0 Å². The second-order valence-corrected chi connectivity index (χ2v) is 4.98. The highest BCUT2D eigenvalue weighted by Gasteiger charge is 2.56. The van der Waals surface area contributed by atoms with Crippen LogP contribution in [0, 0.1) is 23.7 Å². The van der Waals surface area contributed by atoms with Crippen molar-refractivity contribution in [2.45, 2.75) is 32.2 Å². The number of carbonyl (C=O) groups excluding carboxylic acids is 2. The standard InChI is InChI=1S/C11H14O5/c1-4-5-2-7-8(11(14)16-10(7)13)3-6(5)9(12)15-4/h4-8,10,13H,2-3H2,1H3. The van der Waals surface area contributed by atoms with Crippen molar-refractivity contribution in [2.24, 2.45) is 23.7 Å². The first-order chi connectivity index (χ1) is 7.58. The van der Waals surface area contributed by atoms with Crippen LogP contribution >= 0.6 is 0 Å². The van der Waals surface area contributed by atoms with Crippen LogP contribution in [0.15, 0.2) is 0 Å². The zero-order chi connectivity index (χ0) is 11.4. The van der Waals surface area contributed by atoms with Gasteiger partial charge in [-0.05, 0) is 19.8 Å². The Morgan fingerprint density at radius 3 is 2.44 bits per heavy atom. The molecule has 1 saturated carbocycles. The average Bonchev–Trinajstić information content (AvgIpc) is 2.67.